The minimum absolute atomic E-state index is 0.522. The first kappa shape index (κ1) is 28.8. The first-order chi connectivity index (χ1) is 24.6. The molecule has 9 rings (SSSR count). The second kappa shape index (κ2) is 11.4. The third-order valence-corrected chi connectivity index (χ3v) is 9.56. The minimum atomic E-state index is 0.522. The Hall–Kier alpha value is -7.39. The Kier molecular flexibility index (Phi) is 6.56. The summed E-state index contributed by atoms with van der Waals surface area (Å²) in [6.45, 7) is 0. The maximum Gasteiger partial charge on any atom is 0.0992 e. The molecule has 0 aliphatic heterocycles. The normalized spacial score (nSPS) is 11.1. The Morgan fingerprint density at radius 3 is 1.74 bits per heavy atom. The number of benzene rings is 7. The highest BCUT2D eigenvalue weighted by Gasteiger charge is 2.18. The van der Waals surface area contributed by atoms with E-state index in [-0.39, 0.29) is 0 Å². The largest absolute Gasteiger partial charge is 0.309 e. The van der Waals surface area contributed by atoms with Crippen LogP contribution in [0, 0.1) is 34.0 Å². The van der Waals surface area contributed by atoms with Gasteiger partial charge >= 0.3 is 0 Å². The average molecular weight is 636 g/mol. The highest BCUT2D eigenvalue weighted by atomic mass is 15.0. The van der Waals surface area contributed by atoms with Gasteiger partial charge in [-0.3, -0.25) is 0 Å². The van der Waals surface area contributed by atoms with Gasteiger partial charge in [0, 0.05) is 32.8 Å². The molecule has 0 aliphatic rings. The Labute approximate surface area is 287 Å². The predicted octanol–water partition coefficient (Wildman–Crippen LogP) is 10.8. The van der Waals surface area contributed by atoms with E-state index in [2.05, 4.69) is 130 Å². The zero-order chi connectivity index (χ0) is 33.8. The van der Waals surface area contributed by atoms with Gasteiger partial charge in [0.15, 0.2) is 0 Å². The van der Waals surface area contributed by atoms with Gasteiger partial charge in [0.05, 0.1) is 62.7 Å². The predicted molar refractivity (Wildman–Crippen MR) is 200 cm³/mol. The zero-order valence-corrected chi connectivity index (χ0v) is 26.7. The molecular formula is C45H25N5. The molecule has 0 bridgehead atoms. The zero-order valence-electron chi connectivity index (χ0n) is 26.7. The maximum absolute atomic E-state index is 10.2. The summed E-state index contributed by atoms with van der Waals surface area (Å²) in [5.74, 6) is 0. The van der Waals surface area contributed by atoms with Gasteiger partial charge in [-0.1, -0.05) is 78.9 Å². The van der Waals surface area contributed by atoms with Gasteiger partial charge in [0.2, 0.25) is 0 Å². The lowest BCUT2D eigenvalue weighted by Crippen LogP contribution is -1.98. The third kappa shape index (κ3) is 4.45. The first-order valence-electron chi connectivity index (χ1n) is 16.3. The van der Waals surface area contributed by atoms with E-state index in [4.69, 9.17) is 0 Å². The van der Waals surface area contributed by atoms with Crippen molar-refractivity contribution in [2.45, 2.75) is 0 Å². The molecule has 0 amide bonds. The molecule has 0 N–H and O–H groups in total. The lowest BCUT2D eigenvalue weighted by atomic mass is 9.96. The Morgan fingerprint density at radius 2 is 0.980 bits per heavy atom. The molecule has 0 spiro atoms. The fraction of sp³-hybridized carbons (Fsp3) is 0. The second-order valence-corrected chi connectivity index (χ2v) is 12.4. The fourth-order valence-electron chi connectivity index (χ4n) is 7.37. The van der Waals surface area contributed by atoms with Crippen molar-refractivity contribution in [2.75, 3.05) is 0 Å². The van der Waals surface area contributed by atoms with Crippen LogP contribution in [-0.2, 0) is 0 Å². The van der Waals surface area contributed by atoms with Gasteiger partial charge in [0.1, 0.15) is 0 Å². The van der Waals surface area contributed by atoms with Crippen LogP contribution in [0.4, 0.5) is 0 Å². The molecule has 0 saturated heterocycles. The number of rotatable bonds is 4. The van der Waals surface area contributed by atoms with E-state index < -0.39 is 0 Å². The Morgan fingerprint density at radius 1 is 0.360 bits per heavy atom. The van der Waals surface area contributed by atoms with Crippen LogP contribution in [0.5, 0.6) is 0 Å². The summed E-state index contributed by atoms with van der Waals surface area (Å²) >= 11 is 0. The van der Waals surface area contributed by atoms with E-state index >= 15 is 0 Å². The first-order valence-corrected chi connectivity index (χ1v) is 16.3. The highest BCUT2D eigenvalue weighted by molar-refractivity contribution is 6.11. The van der Waals surface area contributed by atoms with Crippen LogP contribution in [0.1, 0.15) is 16.7 Å². The number of hydrogen-bond donors (Lipinski definition) is 0. The second-order valence-electron chi connectivity index (χ2n) is 12.4. The molecule has 0 radical (unpaired) electrons. The van der Waals surface area contributed by atoms with E-state index in [1.807, 2.05) is 36.4 Å². The van der Waals surface area contributed by atoms with E-state index in [1.165, 1.54) is 10.8 Å². The SMILES string of the molecule is N#Cc1cc(-c2cccc(-c3ccccc3-n3c4ccccc4c4ccccc43)c2)cc(-n2c3ccc(C#N)cc3c3ccc(C#N)cc32)c1. The summed E-state index contributed by atoms with van der Waals surface area (Å²) in [6, 6.07) is 58.0. The average Bonchev–Trinajstić information content (AvgIpc) is 3.69. The lowest BCUT2D eigenvalue weighted by Gasteiger charge is -2.15. The summed E-state index contributed by atoms with van der Waals surface area (Å²) in [5, 5.41) is 33.9. The van der Waals surface area contributed by atoms with Crippen molar-refractivity contribution >= 4 is 43.6 Å². The number of hydrogen-bond acceptors (Lipinski definition) is 3. The molecule has 50 heavy (non-hydrogen) atoms. The smallest absolute Gasteiger partial charge is 0.0992 e. The van der Waals surface area contributed by atoms with Crippen LogP contribution in [-0.4, -0.2) is 9.13 Å². The monoisotopic (exact) mass is 635 g/mol. The molecule has 0 atom stereocenters. The Balaban J connectivity index is 1.24. The summed E-state index contributed by atoms with van der Waals surface area (Å²) in [4.78, 5) is 0. The molecule has 2 heterocycles. The van der Waals surface area contributed by atoms with Crippen molar-refractivity contribution in [3.05, 3.63) is 168 Å². The van der Waals surface area contributed by atoms with Crippen LogP contribution >= 0.6 is 0 Å². The number of fused-ring (bicyclic) bond motifs is 6. The molecule has 9 aromatic rings. The number of aromatic nitrogens is 2. The van der Waals surface area contributed by atoms with Gasteiger partial charge in [-0.05, 0) is 89.5 Å². The van der Waals surface area contributed by atoms with Crippen molar-refractivity contribution < 1.29 is 0 Å². The van der Waals surface area contributed by atoms with Gasteiger partial charge in [-0.25, -0.2) is 0 Å². The number of para-hydroxylation sites is 3. The third-order valence-electron chi connectivity index (χ3n) is 9.56. The summed E-state index contributed by atoms with van der Waals surface area (Å²) in [6.07, 6.45) is 0. The van der Waals surface area contributed by atoms with Crippen LogP contribution < -0.4 is 0 Å². The Bertz CT molecular complexity index is 2920. The van der Waals surface area contributed by atoms with Gasteiger partial charge in [0.25, 0.3) is 0 Å². The standard InChI is InChI=1S/C45H25N5/c46-26-29-17-19-44-40(22-29)39-18-16-30(27-47)23-45(39)49(44)35-21-31(28-48)20-34(25-35)32-8-7-9-33(24-32)36-10-1-4-13-41(36)50-42-14-5-2-11-37(42)38-12-3-6-15-43(38)50/h1-25H. The van der Waals surface area contributed by atoms with Crippen molar-refractivity contribution in [3.8, 4) is 51.8 Å². The number of nitriles is 3. The highest BCUT2D eigenvalue weighted by Crippen LogP contribution is 2.38. The van der Waals surface area contributed by atoms with Crippen molar-refractivity contribution in [2.24, 2.45) is 0 Å². The van der Waals surface area contributed by atoms with E-state index in [9.17, 15) is 15.8 Å². The summed E-state index contributed by atoms with van der Waals surface area (Å²) in [7, 11) is 0. The molecule has 2 aromatic heterocycles. The lowest BCUT2D eigenvalue weighted by molar-refractivity contribution is 1.17. The molecule has 7 aromatic carbocycles. The van der Waals surface area contributed by atoms with Gasteiger partial charge in [-0.2, -0.15) is 15.8 Å². The number of nitrogens with zero attached hydrogens (tertiary/aromatic N) is 5. The van der Waals surface area contributed by atoms with Crippen LogP contribution in [0.3, 0.4) is 0 Å². The van der Waals surface area contributed by atoms with E-state index in [0.29, 0.717) is 16.7 Å². The maximum atomic E-state index is 10.2. The molecule has 0 fully saturated rings. The van der Waals surface area contributed by atoms with Crippen molar-refractivity contribution in [1.82, 2.24) is 9.13 Å². The summed E-state index contributed by atoms with van der Waals surface area (Å²) < 4.78 is 4.43. The molecule has 0 unspecified atom stereocenters. The van der Waals surface area contributed by atoms with Crippen LogP contribution in [0.15, 0.2) is 152 Å². The van der Waals surface area contributed by atoms with Crippen molar-refractivity contribution in [3.63, 3.8) is 0 Å². The topological polar surface area (TPSA) is 81.2 Å². The fourth-order valence-corrected chi connectivity index (χ4v) is 7.37. The van der Waals surface area contributed by atoms with Crippen molar-refractivity contribution in [1.29, 1.82) is 15.8 Å². The molecule has 230 valence electrons. The molecule has 5 nitrogen and oxygen atoms in total. The van der Waals surface area contributed by atoms with Gasteiger partial charge in [-0.15, -0.1) is 0 Å². The quantitative estimate of drug-likeness (QED) is 0.193. The molecule has 5 heteroatoms. The summed E-state index contributed by atoms with van der Waals surface area (Å²) in [5.41, 5.74) is 11.6. The van der Waals surface area contributed by atoms with E-state index in [1.54, 1.807) is 12.1 Å². The van der Waals surface area contributed by atoms with Gasteiger partial charge < -0.3 is 9.13 Å². The van der Waals surface area contributed by atoms with Crippen LogP contribution in [0.2, 0.25) is 0 Å². The van der Waals surface area contributed by atoms with E-state index in [0.717, 1.165) is 66.5 Å². The molecular weight excluding hydrogens is 611 g/mol. The minimum Gasteiger partial charge on any atom is -0.309 e. The van der Waals surface area contributed by atoms with Crippen LogP contribution in [0.25, 0.3) is 77.2 Å². The molecule has 0 aliphatic carbocycles. The molecule has 0 saturated carbocycles.